The molecule has 1 aromatic carbocycles. The highest BCUT2D eigenvalue weighted by atomic mass is 16.5. The summed E-state index contributed by atoms with van der Waals surface area (Å²) >= 11 is 0. The standard InChI is InChI=1S/C24H35N3O4/c1-15(2)13-27(14-16(3)4)22-8-7-19(17(5)9-24(29)30)11-21(22)25-23(28)12-20-10-18(6)31-26-20/h7-8,10-11,15-17H,9,12-14H2,1-6H3,(H,25,28)(H,29,30). The number of hydrogen-bond acceptors (Lipinski definition) is 5. The fourth-order valence-electron chi connectivity index (χ4n) is 3.63. The zero-order chi connectivity index (χ0) is 23.1. The van der Waals surface area contributed by atoms with Crippen LogP contribution in [0.15, 0.2) is 28.8 Å². The van der Waals surface area contributed by atoms with Crippen LogP contribution in [0.3, 0.4) is 0 Å². The molecule has 0 radical (unpaired) electrons. The molecule has 0 aliphatic heterocycles. The Morgan fingerprint density at radius 1 is 1.10 bits per heavy atom. The number of carbonyl (C=O) groups excluding carboxylic acids is 1. The van der Waals surface area contributed by atoms with E-state index in [0.29, 0.717) is 29.0 Å². The van der Waals surface area contributed by atoms with Crippen molar-refractivity contribution in [1.29, 1.82) is 0 Å². The van der Waals surface area contributed by atoms with Gasteiger partial charge in [-0.1, -0.05) is 45.8 Å². The van der Waals surface area contributed by atoms with Gasteiger partial charge < -0.3 is 19.8 Å². The maximum Gasteiger partial charge on any atom is 0.303 e. The highest BCUT2D eigenvalue weighted by Gasteiger charge is 2.19. The third-order valence-electron chi connectivity index (χ3n) is 4.87. The molecule has 1 unspecified atom stereocenters. The van der Waals surface area contributed by atoms with Gasteiger partial charge in [0.2, 0.25) is 5.91 Å². The summed E-state index contributed by atoms with van der Waals surface area (Å²) in [5.41, 5.74) is 3.10. The van der Waals surface area contributed by atoms with E-state index in [1.165, 1.54) is 0 Å². The van der Waals surface area contributed by atoms with Crippen molar-refractivity contribution >= 4 is 23.3 Å². The number of benzene rings is 1. The first-order valence-corrected chi connectivity index (χ1v) is 10.9. The molecule has 0 aliphatic carbocycles. The first-order valence-electron chi connectivity index (χ1n) is 10.9. The van der Waals surface area contributed by atoms with E-state index in [4.69, 9.17) is 4.52 Å². The van der Waals surface area contributed by atoms with Gasteiger partial charge in [-0.05, 0) is 42.4 Å². The van der Waals surface area contributed by atoms with E-state index in [1.54, 1.807) is 13.0 Å². The van der Waals surface area contributed by atoms with Crippen molar-refractivity contribution < 1.29 is 19.2 Å². The first-order chi connectivity index (χ1) is 14.5. The lowest BCUT2D eigenvalue weighted by atomic mass is 9.96. The van der Waals surface area contributed by atoms with Crippen molar-refractivity contribution in [1.82, 2.24) is 5.16 Å². The lowest BCUT2D eigenvalue weighted by Gasteiger charge is -2.31. The van der Waals surface area contributed by atoms with Gasteiger partial charge in [-0.3, -0.25) is 9.59 Å². The van der Waals surface area contributed by atoms with Crippen molar-refractivity contribution in [3.63, 3.8) is 0 Å². The number of aromatic nitrogens is 1. The second-order valence-electron chi connectivity index (χ2n) is 9.12. The highest BCUT2D eigenvalue weighted by molar-refractivity contribution is 5.95. The molecule has 1 amide bonds. The maximum atomic E-state index is 12.8. The summed E-state index contributed by atoms with van der Waals surface area (Å²) in [6.07, 6.45) is 0.146. The fourth-order valence-corrected chi connectivity index (χ4v) is 3.63. The number of carboxylic acids is 1. The Labute approximate surface area is 184 Å². The van der Waals surface area contributed by atoms with Crippen molar-refractivity contribution in [3.8, 4) is 0 Å². The molecule has 7 nitrogen and oxygen atoms in total. The number of carbonyl (C=O) groups is 2. The number of amides is 1. The summed E-state index contributed by atoms with van der Waals surface area (Å²) in [5, 5.41) is 16.1. The topological polar surface area (TPSA) is 95.7 Å². The minimum Gasteiger partial charge on any atom is -0.481 e. The predicted octanol–water partition coefficient (Wildman–Crippen LogP) is 4.86. The van der Waals surface area contributed by atoms with Gasteiger partial charge in [0.05, 0.1) is 29.9 Å². The molecular weight excluding hydrogens is 394 g/mol. The average molecular weight is 430 g/mol. The van der Waals surface area contributed by atoms with Gasteiger partial charge >= 0.3 is 5.97 Å². The number of rotatable bonds is 11. The molecule has 2 aromatic rings. The second kappa shape index (κ2) is 11.0. The number of hydrogen-bond donors (Lipinski definition) is 2. The third-order valence-corrected chi connectivity index (χ3v) is 4.87. The molecule has 0 aliphatic rings. The monoisotopic (exact) mass is 429 g/mol. The SMILES string of the molecule is Cc1cc(CC(=O)Nc2cc(C(C)CC(=O)O)ccc2N(CC(C)C)CC(C)C)no1. The van der Waals surface area contributed by atoms with Gasteiger partial charge in [-0.15, -0.1) is 0 Å². The molecule has 1 aromatic heterocycles. The zero-order valence-electron chi connectivity index (χ0n) is 19.4. The maximum absolute atomic E-state index is 12.8. The Bertz CT molecular complexity index is 879. The van der Waals surface area contributed by atoms with Gasteiger partial charge in [-0.25, -0.2) is 0 Å². The quantitative estimate of drug-likeness (QED) is 0.529. The van der Waals surface area contributed by atoms with Gasteiger partial charge in [0.15, 0.2) is 0 Å². The number of aryl methyl sites for hydroxylation is 1. The van der Waals surface area contributed by atoms with Crippen LogP contribution in [0.2, 0.25) is 0 Å². The van der Waals surface area contributed by atoms with Crippen LogP contribution in [-0.4, -0.2) is 35.2 Å². The minimum atomic E-state index is -0.843. The van der Waals surface area contributed by atoms with Crippen LogP contribution in [0, 0.1) is 18.8 Å². The van der Waals surface area contributed by atoms with E-state index < -0.39 is 5.97 Å². The van der Waals surface area contributed by atoms with E-state index in [9.17, 15) is 14.7 Å². The van der Waals surface area contributed by atoms with Crippen LogP contribution < -0.4 is 10.2 Å². The lowest BCUT2D eigenvalue weighted by molar-refractivity contribution is -0.137. The number of anilines is 2. The normalized spacial score (nSPS) is 12.3. The predicted molar refractivity (Wildman–Crippen MR) is 123 cm³/mol. The van der Waals surface area contributed by atoms with Crippen LogP contribution in [0.4, 0.5) is 11.4 Å². The molecule has 0 bridgehead atoms. The molecule has 0 fully saturated rings. The second-order valence-corrected chi connectivity index (χ2v) is 9.12. The van der Waals surface area contributed by atoms with E-state index in [1.807, 2.05) is 25.1 Å². The molecule has 1 atom stereocenters. The molecule has 31 heavy (non-hydrogen) atoms. The Hall–Kier alpha value is -2.83. The van der Waals surface area contributed by atoms with Crippen molar-refractivity contribution in [3.05, 3.63) is 41.3 Å². The van der Waals surface area contributed by atoms with E-state index in [-0.39, 0.29) is 24.7 Å². The Balaban J connectivity index is 2.37. The van der Waals surface area contributed by atoms with Crippen LogP contribution in [0.5, 0.6) is 0 Å². The Morgan fingerprint density at radius 2 is 1.74 bits per heavy atom. The molecule has 0 spiro atoms. The molecule has 2 N–H and O–H groups in total. The van der Waals surface area contributed by atoms with Crippen LogP contribution in [0.25, 0.3) is 0 Å². The van der Waals surface area contributed by atoms with Crippen LogP contribution in [0.1, 0.15) is 64.0 Å². The van der Waals surface area contributed by atoms with Crippen LogP contribution in [-0.2, 0) is 16.0 Å². The van der Waals surface area contributed by atoms with E-state index in [0.717, 1.165) is 24.3 Å². The minimum absolute atomic E-state index is 0.0344. The molecular formula is C24H35N3O4. The van der Waals surface area contributed by atoms with Gasteiger partial charge in [0, 0.05) is 19.2 Å². The first kappa shape index (κ1) is 24.4. The van der Waals surface area contributed by atoms with Crippen LogP contribution >= 0.6 is 0 Å². The lowest BCUT2D eigenvalue weighted by Crippen LogP contribution is -2.32. The molecule has 1 heterocycles. The van der Waals surface area contributed by atoms with Crippen molar-refractivity contribution in [2.75, 3.05) is 23.3 Å². The number of carboxylic acid groups (broad SMARTS) is 1. The fraction of sp³-hybridized carbons (Fsp3) is 0.542. The van der Waals surface area contributed by atoms with Crippen molar-refractivity contribution in [2.45, 2.75) is 60.3 Å². The molecule has 2 rings (SSSR count). The summed E-state index contributed by atoms with van der Waals surface area (Å²) < 4.78 is 5.06. The molecule has 170 valence electrons. The molecule has 0 saturated carbocycles. The Kier molecular flexibility index (Phi) is 8.65. The summed E-state index contributed by atoms with van der Waals surface area (Å²) in [6.45, 7) is 14.1. The van der Waals surface area contributed by atoms with E-state index >= 15 is 0 Å². The van der Waals surface area contributed by atoms with E-state index in [2.05, 4.69) is 43.1 Å². The smallest absolute Gasteiger partial charge is 0.303 e. The zero-order valence-corrected chi connectivity index (χ0v) is 19.4. The van der Waals surface area contributed by atoms with Gasteiger partial charge in [0.1, 0.15) is 5.76 Å². The van der Waals surface area contributed by atoms with Crippen molar-refractivity contribution in [2.24, 2.45) is 11.8 Å². The molecule has 0 saturated heterocycles. The summed E-state index contributed by atoms with van der Waals surface area (Å²) in [6, 6.07) is 7.61. The average Bonchev–Trinajstić information content (AvgIpc) is 3.04. The molecule has 7 heteroatoms. The summed E-state index contributed by atoms with van der Waals surface area (Å²) in [5.74, 6) is 0.366. The largest absolute Gasteiger partial charge is 0.481 e. The number of nitrogens with one attached hydrogen (secondary N) is 1. The highest BCUT2D eigenvalue weighted by Crippen LogP contribution is 2.32. The van der Waals surface area contributed by atoms with Gasteiger partial charge in [-0.2, -0.15) is 0 Å². The van der Waals surface area contributed by atoms with Gasteiger partial charge in [0.25, 0.3) is 0 Å². The number of aliphatic carboxylic acids is 1. The summed E-state index contributed by atoms with van der Waals surface area (Å²) in [7, 11) is 0. The summed E-state index contributed by atoms with van der Waals surface area (Å²) in [4.78, 5) is 26.2. The Morgan fingerprint density at radius 3 is 2.26 bits per heavy atom. The number of nitrogens with zero attached hydrogens (tertiary/aromatic N) is 2. The third kappa shape index (κ3) is 7.74.